The summed E-state index contributed by atoms with van der Waals surface area (Å²) in [5.41, 5.74) is 6.25. The molecule has 0 fully saturated rings. The maximum absolute atomic E-state index is 11.3. The summed E-state index contributed by atoms with van der Waals surface area (Å²) >= 11 is 0. The van der Waals surface area contributed by atoms with Crippen LogP contribution in [0.1, 0.15) is 29.4 Å². The Balaban J connectivity index is 2.61. The predicted molar refractivity (Wildman–Crippen MR) is 65.1 cm³/mol. The van der Waals surface area contributed by atoms with Crippen molar-refractivity contribution < 1.29 is 9.53 Å². The minimum absolute atomic E-state index is 0.364. The van der Waals surface area contributed by atoms with Crippen LogP contribution in [0.5, 0.6) is 5.88 Å². The van der Waals surface area contributed by atoms with Gasteiger partial charge in [0.25, 0.3) is 5.91 Å². The van der Waals surface area contributed by atoms with Gasteiger partial charge in [0.1, 0.15) is 12.2 Å². The molecule has 17 heavy (non-hydrogen) atoms. The molecule has 1 aromatic heterocycles. The van der Waals surface area contributed by atoms with Gasteiger partial charge in [-0.1, -0.05) is 6.92 Å². The smallest absolute Gasteiger partial charge is 0.256 e. The molecule has 0 atom stereocenters. The number of carbonyl (C=O) groups is 1. The van der Waals surface area contributed by atoms with E-state index in [0.29, 0.717) is 23.7 Å². The van der Waals surface area contributed by atoms with Crippen molar-refractivity contribution in [2.24, 2.45) is 12.8 Å². The summed E-state index contributed by atoms with van der Waals surface area (Å²) in [4.78, 5) is 11.3. The number of amides is 1. The summed E-state index contributed by atoms with van der Waals surface area (Å²) in [6, 6.07) is 0. The number of nitrogens with two attached hydrogens (primary N) is 1. The van der Waals surface area contributed by atoms with E-state index in [1.807, 2.05) is 0 Å². The van der Waals surface area contributed by atoms with E-state index >= 15 is 0 Å². The predicted octanol–water partition coefficient (Wildman–Crippen LogP) is 0.206. The third kappa shape index (κ3) is 3.45. The third-order valence-corrected chi connectivity index (χ3v) is 2.36. The largest absolute Gasteiger partial charge is 0.476 e. The van der Waals surface area contributed by atoms with Crippen LogP contribution in [-0.2, 0) is 7.05 Å². The van der Waals surface area contributed by atoms with Crippen molar-refractivity contribution >= 4 is 5.91 Å². The Morgan fingerprint density at radius 1 is 1.53 bits per heavy atom. The van der Waals surface area contributed by atoms with E-state index < -0.39 is 5.91 Å². The lowest BCUT2D eigenvalue weighted by Crippen LogP contribution is -2.23. The van der Waals surface area contributed by atoms with Gasteiger partial charge in [-0.25, -0.2) is 4.68 Å². The molecule has 0 unspecified atom stereocenters. The Labute approximate surface area is 101 Å². The van der Waals surface area contributed by atoms with E-state index in [1.165, 1.54) is 4.68 Å². The third-order valence-electron chi connectivity index (χ3n) is 2.36. The van der Waals surface area contributed by atoms with Crippen molar-refractivity contribution in [3.63, 3.8) is 0 Å². The number of carbonyl (C=O) groups excluding carboxylic acids is 1. The molecular weight excluding hydrogens is 220 g/mol. The first kappa shape index (κ1) is 13.5. The highest BCUT2D eigenvalue weighted by Crippen LogP contribution is 2.20. The molecule has 6 heteroatoms. The Bertz CT molecular complexity index is 387. The van der Waals surface area contributed by atoms with Gasteiger partial charge in [0.2, 0.25) is 5.88 Å². The molecule has 0 radical (unpaired) electrons. The summed E-state index contributed by atoms with van der Waals surface area (Å²) in [7, 11) is 1.73. The lowest BCUT2D eigenvalue weighted by atomic mass is 10.2. The van der Waals surface area contributed by atoms with Gasteiger partial charge in [0.05, 0.1) is 5.69 Å². The van der Waals surface area contributed by atoms with Crippen LogP contribution in [0.2, 0.25) is 0 Å². The summed E-state index contributed by atoms with van der Waals surface area (Å²) < 4.78 is 7.07. The molecule has 0 saturated heterocycles. The van der Waals surface area contributed by atoms with Crippen molar-refractivity contribution in [1.29, 1.82) is 0 Å². The fraction of sp³-hybridized carbons (Fsp3) is 0.636. The van der Waals surface area contributed by atoms with Crippen LogP contribution in [-0.4, -0.2) is 35.4 Å². The fourth-order valence-corrected chi connectivity index (χ4v) is 1.61. The topological polar surface area (TPSA) is 82.2 Å². The Morgan fingerprint density at radius 2 is 2.24 bits per heavy atom. The first-order valence-electron chi connectivity index (χ1n) is 5.74. The van der Waals surface area contributed by atoms with Crippen molar-refractivity contribution in [2.45, 2.75) is 20.3 Å². The number of hydrogen-bond donors (Lipinski definition) is 2. The second-order valence-corrected chi connectivity index (χ2v) is 3.85. The van der Waals surface area contributed by atoms with Crippen LogP contribution >= 0.6 is 0 Å². The molecule has 6 nitrogen and oxygen atoms in total. The zero-order valence-electron chi connectivity index (χ0n) is 10.6. The molecule has 0 aliphatic heterocycles. The molecule has 96 valence electrons. The number of aromatic nitrogens is 2. The molecule has 0 spiro atoms. The molecule has 0 aromatic carbocycles. The van der Waals surface area contributed by atoms with Crippen molar-refractivity contribution in [2.75, 3.05) is 19.7 Å². The summed E-state index contributed by atoms with van der Waals surface area (Å²) in [5.74, 6) is -0.0691. The molecule has 0 aliphatic carbocycles. The lowest BCUT2D eigenvalue weighted by molar-refractivity contribution is 0.0995. The Morgan fingerprint density at radius 3 is 2.82 bits per heavy atom. The van der Waals surface area contributed by atoms with Gasteiger partial charge in [0, 0.05) is 13.6 Å². The van der Waals surface area contributed by atoms with E-state index in [0.717, 1.165) is 19.5 Å². The van der Waals surface area contributed by atoms with Gasteiger partial charge in [-0.3, -0.25) is 4.79 Å². The highest BCUT2D eigenvalue weighted by atomic mass is 16.5. The molecular formula is C11H20N4O2. The highest BCUT2D eigenvalue weighted by molar-refractivity contribution is 5.96. The SMILES string of the molecule is CCCNCCOc1c(C(N)=O)c(C)nn1C. The maximum Gasteiger partial charge on any atom is 0.256 e. The van der Waals surface area contributed by atoms with E-state index in [4.69, 9.17) is 10.5 Å². The second kappa shape index (κ2) is 6.24. The normalized spacial score (nSPS) is 10.5. The van der Waals surface area contributed by atoms with Gasteiger partial charge in [-0.05, 0) is 19.9 Å². The van der Waals surface area contributed by atoms with Crippen molar-refractivity contribution in [1.82, 2.24) is 15.1 Å². The van der Waals surface area contributed by atoms with E-state index in [2.05, 4.69) is 17.3 Å². The molecule has 0 aliphatic rings. The van der Waals surface area contributed by atoms with Gasteiger partial charge in [-0.2, -0.15) is 5.10 Å². The molecule has 0 bridgehead atoms. The highest BCUT2D eigenvalue weighted by Gasteiger charge is 2.19. The number of nitrogens with one attached hydrogen (secondary N) is 1. The molecule has 0 saturated carbocycles. The Kier molecular flexibility index (Phi) is 4.96. The van der Waals surface area contributed by atoms with Crippen molar-refractivity contribution in [3.8, 4) is 5.88 Å². The zero-order valence-corrected chi connectivity index (χ0v) is 10.6. The summed E-state index contributed by atoms with van der Waals surface area (Å²) in [5, 5.41) is 7.33. The number of aryl methyl sites for hydroxylation is 2. The number of hydrogen-bond acceptors (Lipinski definition) is 4. The number of ether oxygens (including phenoxy) is 1. The van der Waals surface area contributed by atoms with Gasteiger partial charge in [0.15, 0.2) is 0 Å². The van der Waals surface area contributed by atoms with Crippen molar-refractivity contribution in [3.05, 3.63) is 11.3 Å². The fourth-order valence-electron chi connectivity index (χ4n) is 1.61. The maximum atomic E-state index is 11.3. The van der Waals surface area contributed by atoms with Crippen LogP contribution in [0.15, 0.2) is 0 Å². The van der Waals surface area contributed by atoms with Crippen LogP contribution < -0.4 is 15.8 Å². The first-order chi connectivity index (χ1) is 8.07. The first-order valence-corrected chi connectivity index (χ1v) is 5.74. The minimum Gasteiger partial charge on any atom is -0.476 e. The van der Waals surface area contributed by atoms with E-state index in [1.54, 1.807) is 14.0 Å². The molecule has 1 amide bonds. The monoisotopic (exact) mass is 240 g/mol. The summed E-state index contributed by atoms with van der Waals surface area (Å²) in [6.45, 7) is 6.01. The number of primary amides is 1. The van der Waals surface area contributed by atoms with Gasteiger partial charge >= 0.3 is 0 Å². The quantitative estimate of drug-likeness (QED) is 0.667. The lowest BCUT2D eigenvalue weighted by Gasteiger charge is -2.08. The van der Waals surface area contributed by atoms with Gasteiger partial charge < -0.3 is 15.8 Å². The van der Waals surface area contributed by atoms with Crippen LogP contribution in [0.4, 0.5) is 0 Å². The summed E-state index contributed by atoms with van der Waals surface area (Å²) in [6.07, 6.45) is 1.08. The number of rotatable bonds is 7. The van der Waals surface area contributed by atoms with Crippen LogP contribution in [0.25, 0.3) is 0 Å². The standard InChI is InChI=1S/C11H20N4O2/c1-4-5-13-6-7-17-11-9(10(12)16)8(2)14-15(11)3/h13H,4-7H2,1-3H3,(H2,12,16). The molecule has 1 heterocycles. The Hall–Kier alpha value is -1.56. The molecule has 1 aromatic rings. The minimum atomic E-state index is -0.507. The zero-order chi connectivity index (χ0) is 12.8. The van der Waals surface area contributed by atoms with Crippen LogP contribution in [0.3, 0.4) is 0 Å². The molecule has 3 N–H and O–H groups in total. The average molecular weight is 240 g/mol. The second-order valence-electron chi connectivity index (χ2n) is 3.85. The van der Waals surface area contributed by atoms with E-state index in [9.17, 15) is 4.79 Å². The molecule has 1 rings (SSSR count). The average Bonchev–Trinajstić information content (AvgIpc) is 2.53. The van der Waals surface area contributed by atoms with E-state index in [-0.39, 0.29) is 0 Å². The van der Waals surface area contributed by atoms with Crippen LogP contribution in [0, 0.1) is 6.92 Å². The van der Waals surface area contributed by atoms with Gasteiger partial charge in [-0.15, -0.1) is 0 Å². The number of nitrogens with zero attached hydrogens (tertiary/aromatic N) is 2.